The average molecular weight is 267 g/mol. The number of para-hydroxylation sites is 1. The Morgan fingerprint density at radius 3 is 2.80 bits per heavy atom. The molecule has 0 spiro atoms. The minimum absolute atomic E-state index is 0.0517. The number of fused-ring (bicyclic) bond motifs is 2. The van der Waals surface area contributed by atoms with Crippen molar-refractivity contribution in [3.63, 3.8) is 0 Å². The fraction of sp³-hybridized carbons (Fsp3) is 0.364. The first-order valence-electron chi connectivity index (χ1n) is 5.07. The van der Waals surface area contributed by atoms with Gasteiger partial charge in [0.2, 0.25) is 5.91 Å². The Hall–Kier alpha value is -0.870. The van der Waals surface area contributed by atoms with Gasteiger partial charge in [0, 0.05) is 17.1 Å². The summed E-state index contributed by atoms with van der Waals surface area (Å²) in [5.41, 5.74) is 0.985. The van der Waals surface area contributed by atoms with Crippen molar-refractivity contribution < 1.29 is 4.79 Å². The highest BCUT2D eigenvalue weighted by molar-refractivity contribution is 9.10. The SMILES string of the molecule is O=C1C2CC(CN1c1ccccc1Br)N2. The summed E-state index contributed by atoms with van der Waals surface area (Å²) >= 11 is 3.48. The summed E-state index contributed by atoms with van der Waals surface area (Å²) in [5, 5.41) is 3.24. The summed E-state index contributed by atoms with van der Waals surface area (Å²) in [4.78, 5) is 13.8. The summed E-state index contributed by atoms with van der Waals surface area (Å²) in [6, 6.07) is 8.40. The Kier molecular flexibility index (Phi) is 2.07. The maximum absolute atomic E-state index is 12.0. The first kappa shape index (κ1) is 9.36. The second kappa shape index (κ2) is 3.32. The molecule has 78 valence electrons. The average Bonchev–Trinajstić information content (AvgIpc) is 2.17. The predicted molar refractivity (Wildman–Crippen MR) is 61.8 cm³/mol. The van der Waals surface area contributed by atoms with E-state index in [1.807, 2.05) is 29.2 Å². The lowest BCUT2D eigenvalue weighted by Crippen LogP contribution is -2.70. The van der Waals surface area contributed by atoms with E-state index in [9.17, 15) is 4.79 Å². The van der Waals surface area contributed by atoms with E-state index in [0.717, 1.165) is 23.1 Å². The van der Waals surface area contributed by atoms with Crippen LogP contribution in [-0.4, -0.2) is 24.5 Å². The van der Waals surface area contributed by atoms with Gasteiger partial charge in [-0.3, -0.25) is 4.79 Å². The van der Waals surface area contributed by atoms with Gasteiger partial charge in [-0.25, -0.2) is 0 Å². The lowest BCUT2D eigenvalue weighted by atomic mass is 9.90. The van der Waals surface area contributed by atoms with Gasteiger partial charge in [0.25, 0.3) is 0 Å². The van der Waals surface area contributed by atoms with E-state index in [4.69, 9.17) is 0 Å². The van der Waals surface area contributed by atoms with E-state index >= 15 is 0 Å². The van der Waals surface area contributed by atoms with Crippen LogP contribution in [0.1, 0.15) is 6.42 Å². The van der Waals surface area contributed by atoms with Crippen molar-refractivity contribution in [2.24, 2.45) is 0 Å². The molecule has 3 saturated heterocycles. The van der Waals surface area contributed by atoms with E-state index in [2.05, 4.69) is 21.2 Å². The molecule has 3 aliphatic rings. The third-order valence-corrected chi connectivity index (χ3v) is 3.74. The molecule has 3 fully saturated rings. The normalized spacial score (nSPS) is 28.9. The van der Waals surface area contributed by atoms with Crippen molar-refractivity contribution in [3.05, 3.63) is 28.7 Å². The molecule has 3 aliphatic heterocycles. The van der Waals surface area contributed by atoms with E-state index in [0.29, 0.717) is 6.04 Å². The summed E-state index contributed by atoms with van der Waals surface area (Å²) in [5.74, 6) is 0.199. The van der Waals surface area contributed by atoms with Crippen LogP contribution in [0.25, 0.3) is 0 Å². The molecule has 3 nitrogen and oxygen atoms in total. The number of carbonyl (C=O) groups is 1. The third-order valence-electron chi connectivity index (χ3n) is 3.07. The molecule has 2 bridgehead atoms. The number of amides is 1. The lowest BCUT2D eigenvalue weighted by Gasteiger charge is -2.47. The molecule has 0 aliphatic carbocycles. The number of hydrogen-bond donors (Lipinski definition) is 1. The largest absolute Gasteiger partial charge is 0.308 e. The van der Waals surface area contributed by atoms with Crippen molar-refractivity contribution in [1.29, 1.82) is 0 Å². The fourth-order valence-electron chi connectivity index (χ4n) is 2.23. The number of rotatable bonds is 1. The molecule has 2 atom stereocenters. The van der Waals surface area contributed by atoms with Crippen LogP contribution in [0.15, 0.2) is 28.7 Å². The van der Waals surface area contributed by atoms with Gasteiger partial charge in [0.15, 0.2) is 0 Å². The zero-order valence-electron chi connectivity index (χ0n) is 8.11. The van der Waals surface area contributed by atoms with Crippen LogP contribution in [0.5, 0.6) is 0 Å². The number of nitrogens with zero attached hydrogens (tertiary/aromatic N) is 1. The maximum atomic E-state index is 12.0. The lowest BCUT2D eigenvalue weighted by molar-refractivity contribution is -0.125. The molecule has 1 aromatic carbocycles. The van der Waals surface area contributed by atoms with Gasteiger partial charge in [-0.2, -0.15) is 0 Å². The van der Waals surface area contributed by atoms with E-state index in [1.165, 1.54) is 0 Å². The molecule has 1 amide bonds. The second-order valence-electron chi connectivity index (χ2n) is 4.05. The van der Waals surface area contributed by atoms with Crippen molar-refractivity contribution >= 4 is 27.5 Å². The topological polar surface area (TPSA) is 32.3 Å². The minimum atomic E-state index is 0.0517. The molecule has 0 radical (unpaired) electrons. The van der Waals surface area contributed by atoms with Gasteiger partial charge in [-0.15, -0.1) is 0 Å². The van der Waals surface area contributed by atoms with Crippen LogP contribution < -0.4 is 10.2 Å². The molecule has 2 unspecified atom stereocenters. The Labute approximate surface area is 96.6 Å². The quantitative estimate of drug-likeness (QED) is 0.836. The van der Waals surface area contributed by atoms with Gasteiger partial charge in [0.1, 0.15) is 0 Å². The number of carbonyl (C=O) groups excluding carboxylic acids is 1. The Bertz CT molecular complexity index is 415. The standard InChI is InChI=1S/C11H11BrN2O/c12-8-3-1-2-4-10(8)14-6-7-5-9(13-7)11(14)15/h1-4,7,9,13H,5-6H2. The van der Waals surface area contributed by atoms with Crippen molar-refractivity contribution in [2.75, 3.05) is 11.4 Å². The van der Waals surface area contributed by atoms with Crippen LogP contribution in [0.2, 0.25) is 0 Å². The van der Waals surface area contributed by atoms with E-state index in [-0.39, 0.29) is 11.9 Å². The van der Waals surface area contributed by atoms with Crippen molar-refractivity contribution in [3.8, 4) is 0 Å². The van der Waals surface area contributed by atoms with Gasteiger partial charge in [-0.1, -0.05) is 12.1 Å². The van der Waals surface area contributed by atoms with Crippen molar-refractivity contribution in [1.82, 2.24) is 5.32 Å². The number of halogens is 1. The van der Waals surface area contributed by atoms with Gasteiger partial charge in [0.05, 0.1) is 11.7 Å². The molecule has 4 heteroatoms. The summed E-state index contributed by atoms with van der Waals surface area (Å²) < 4.78 is 0.986. The smallest absolute Gasteiger partial charge is 0.244 e. The van der Waals surface area contributed by atoms with Crippen LogP contribution >= 0.6 is 15.9 Å². The van der Waals surface area contributed by atoms with Crippen LogP contribution in [-0.2, 0) is 4.79 Å². The van der Waals surface area contributed by atoms with E-state index in [1.54, 1.807) is 0 Å². The molecule has 0 aromatic heterocycles. The zero-order valence-corrected chi connectivity index (χ0v) is 9.70. The highest BCUT2D eigenvalue weighted by Crippen LogP contribution is 2.31. The molecular weight excluding hydrogens is 256 g/mol. The molecular formula is C11H11BrN2O. The summed E-state index contributed by atoms with van der Waals surface area (Å²) in [6.07, 6.45) is 1.000. The van der Waals surface area contributed by atoms with Gasteiger partial charge in [-0.05, 0) is 34.5 Å². The Balaban J connectivity index is 1.94. The molecule has 1 N–H and O–H groups in total. The minimum Gasteiger partial charge on any atom is -0.308 e. The zero-order chi connectivity index (χ0) is 10.4. The summed E-state index contributed by atoms with van der Waals surface area (Å²) in [6.45, 7) is 0.790. The molecule has 15 heavy (non-hydrogen) atoms. The highest BCUT2D eigenvalue weighted by atomic mass is 79.9. The first-order valence-corrected chi connectivity index (χ1v) is 5.87. The monoisotopic (exact) mass is 266 g/mol. The van der Waals surface area contributed by atoms with Crippen LogP contribution in [0.3, 0.4) is 0 Å². The van der Waals surface area contributed by atoms with Gasteiger partial charge < -0.3 is 10.2 Å². The van der Waals surface area contributed by atoms with Crippen LogP contribution in [0, 0.1) is 0 Å². The number of anilines is 1. The molecule has 0 saturated carbocycles. The van der Waals surface area contributed by atoms with Gasteiger partial charge >= 0.3 is 0 Å². The predicted octanol–water partition coefficient (Wildman–Crippen LogP) is 1.53. The number of piperazine rings is 1. The Morgan fingerprint density at radius 2 is 2.13 bits per heavy atom. The number of benzene rings is 1. The number of hydrogen-bond acceptors (Lipinski definition) is 2. The number of nitrogens with one attached hydrogen (secondary N) is 1. The molecule has 1 aromatic rings. The molecule has 3 heterocycles. The molecule has 4 rings (SSSR count). The highest BCUT2D eigenvalue weighted by Gasteiger charge is 2.43. The van der Waals surface area contributed by atoms with E-state index < -0.39 is 0 Å². The third kappa shape index (κ3) is 1.40. The van der Waals surface area contributed by atoms with Crippen LogP contribution in [0.4, 0.5) is 5.69 Å². The first-order chi connectivity index (χ1) is 7.25. The maximum Gasteiger partial charge on any atom is 0.244 e. The second-order valence-corrected chi connectivity index (χ2v) is 4.91. The van der Waals surface area contributed by atoms with Crippen molar-refractivity contribution in [2.45, 2.75) is 18.5 Å². The Morgan fingerprint density at radius 1 is 1.40 bits per heavy atom. The fourth-order valence-corrected chi connectivity index (χ4v) is 2.73. The number of piperidine rings is 1. The summed E-state index contributed by atoms with van der Waals surface area (Å²) in [7, 11) is 0.